The summed E-state index contributed by atoms with van der Waals surface area (Å²) >= 11 is 6.47. The van der Waals surface area contributed by atoms with Crippen molar-refractivity contribution < 1.29 is 18.2 Å². The zero-order valence-corrected chi connectivity index (χ0v) is 24.8. The molecule has 2 aromatic rings. The molecular formula is C28H38ClFN6O3S. The number of carbonyl (C=O) groups is 1. The largest absolute Gasteiger partial charge is 0.490 e. The Hall–Kier alpha value is -2.70. The van der Waals surface area contributed by atoms with Crippen LogP contribution in [0.15, 0.2) is 47.7 Å². The zero-order valence-electron chi connectivity index (χ0n) is 23.3. The molecule has 0 saturated carbocycles. The molecule has 1 saturated heterocycles. The summed E-state index contributed by atoms with van der Waals surface area (Å²) in [5, 5.41) is 6.21. The van der Waals surface area contributed by atoms with Gasteiger partial charge in [0.1, 0.15) is 12.4 Å². The second kappa shape index (κ2) is 16.5. The van der Waals surface area contributed by atoms with Crippen molar-refractivity contribution in [3.63, 3.8) is 0 Å². The first-order valence-electron chi connectivity index (χ1n) is 13.2. The van der Waals surface area contributed by atoms with E-state index in [1.807, 2.05) is 49.1 Å². The van der Waals surface area contributed by atoms with Gasteiger partial charge in [0.15, 0.2) is 0 Å². The number of nitrogens with two attached hydrogens (primary N) is 1. The molecular weight excluding hydrogens is 555 g/mol. The fourth-order valence-corrected chi connectivity index (χ4v) is 4.71. The average molecular weight is 593 g/mol. The minimum absolute atomic E-state index is 0.0351. The van der Waals surface area contributed by atoms with Crippen LogP contribution in [0, 0.1) is 0 Å². The van der Waals surface area contributed by atoms with Crippen molar-refractivity contribution in [3.05, 3.63) is 64.4 Å². The third-order valence-electron chi connectivity index (χ3n) is 6.15. The zero-order chi connectivity index (χ0) is 28.9. The first-order valence-corrected chi connectivity index (χ1v) is 14.4. The second-order valence-electron chi connectivity index (χ2n) is 9.70. The van der Waals surface area contributed by atoms with Gasteiger partial charge in [0, 0.05) is 66.9 Å². The van der Waals surface area contributed by atoms with E-state index in [1.165, 1.54) is 5.12 Å². The normalized spacial score (nSPS) is 15.8. The fourth-order valence-electron chi connectivity index (χ4n) is 4.33. The van der Waals surface area contributed by atoms with E-state index in [0.29, 0.717) is 56.0 Å². The highest BCUT2D eigenvalue weighted by Gasteiger charge is 2.26. The Morgan fingerprint density at radius 1 is 1.27 bits per heavy atom. The van der Waals surface area contributed by atoms with Crippen LogP contribution in [0.5, 0.6) is 5.75 Å². The summed E-state index contributed by atoms with van der Waals surface area (Å²) in [6, 6.07) is 9.40. The average Bonchev–Trinajstić information content (AvgIpc) is 2.90. The van der Waals surface area contributed by atoms with Crippen molar-refractivity contribution in [2.75, 3.05) is 45.2 Å². The van der Waals surface area contributed by atoms with Crippen LogP contribution in [0.1, 0.15) is 37.6 Å². The number of aromatic nitrogens is 1. The molecule has 1 aromatic carbocycles. The maximum absolute atomic E-state index is 13.1. The number of benzene rings is 1. The van der Waals surface area contributed by atoms with Crippen LogP contribution in [0.25, 0.3) is 6.08 Å². The lowest BCUT2D eigenvalue weighted by Gasteiger charge is -2.39. The van der Waals surface area contributed by atoms with E-state index in [9.17, 15) is 8.68 Å². The lowest BCUT2D eigenvalue weighted by Crippen LogP contribution is -2.53. The van der Waals surface area contributed by atoms with E-state index >= 15 is 0 Å². The van der Waals surface area contributed by atoms with E-state index < -0.39 is 0 Å². The summed E-state index contributed by atoms with van der Waals surface area (Å²) in [5.74, 6) is 6.96. The number of piperazine rings is 1. The Bertz CT molecular complexity index is 1150. The van der Waals surface area contributed by atoms with Crippen LogP contribution in [-0.4, -0.2) is 82.8 Å². The molecule has 0 radical (unpaired) electrons. The van der Waals surface area contributed by atoms with Crippen molar-refractivity contribution in [3.8, 4) is 5.75 Å². The maximum atomic E-state index is 13.1. The molecule has 2 heterocycles. The number of hydrazine groups is 1. The summed E-state index contributed by atoms with van der Waals surface area (Å²) in [7, 11) is 0. The smallest absolute Gasteiger partial charge is 0.246 e. The van der Waals surface area contributed by atoms with Crippen LogP contribution >= 0.6 is 23.7 Å². The van der Waals surface area contributed by atoms with Crippen LogP contribution < -0.4 is 10.6 Å². The van der Waals surface area contributed by atoms with Gasteiger partial charge in [-0.1, -0.05) is 17.7 Å². The summed E-state index contributed by atoms with van der Waals surface area (Å²) in [4.78, 5) is 21.8. The summed E-state index contributed by atoms with van der Waals surface area (Å²) in [6.07, 6.45) is 5.12. The molecule has 0 aliphatic carbocycles. The molecule has 0 bridgehead atoms. The molecule has 1 atom stereocenters. The van der Waals surface area contributed by atoms with Gasteiger partial charge in [-0.3, -0.25) is 14.7 Å². The third kappa shape index (κ3) is 10.7. The van der Waals surface area contributed by atoms with Crippen LogP contribution in [0.2, 0.25) is 5.02 Å². The number of amides is 1. The number of halogens is 2. The van der Waals surface area contributed by atoms with Crippen molar-refractivity contribution in [1.82, 2.24) is 19.9 Å². The number of nitrogens with zero attached hydrogens (tertiary/aromatic N) is 5. The predicted molar refractivity (Wildman–Crippen MR) is 160 cm³/mol. The Kier molecular flexibility index (Phi) is 13.2. The quantitative estimate of drug-likeness (QED) is 0.112. The van der Waals surface area contributed by atoms with Crippen molar-refractivity contribution >= 4 is 41.4 Å². The summed E-state index contributed by atoms with van der Waals surface area (Å²) in [5.41, 5.74) is 3.52. The van der Waals surface area contributed by atoms with E-state index in [-0.39, 0.29) is 24.1 Å². The highest BCUT2D eigenvalue weighted by molar-refractivity contribution is 7.94. The topological polar surface area (TPSA) is 96.5 Å². The van der Waals surface area contributed by atoms with Crippen LogP contribution in [-0.2, 0) is 22.6 Å². The minimum Gasteiger partial charge on any atom is -0.490 e. The second-order valence-corrected chi connectivity index (χ2v) is 10.8. The maximum Gasteiger partial charge on any atom is 0.246 e. The number of carbonyl (C=O) groups excluding carboxylic acids is 1. The van der Waals surface area contributed by atoms with E-state index in [4.69, 9.17) is 26.9 Å². The van der Waals surface area contributed by atoms with Crippen LogP contribution in [0.3, 0.4) is 0 Å². The van der Waals surface area contributed by atoms with Gasteiger partial charge in [-0.15, -0.1) is 0 Å². The first-order chi connectivity index (χ1) is 19.2. The molecule has 0 unspecified atom stereocenters. The minimum atomic E-state index is -0.0351. The Morgan fingerprint density at radius 3 is 2.80 bits per heavy atom. The lowest BCUT2D eigenvalue weighted by atomic mass is 10.1. The van der Waals surface area contributed by atoms with E-state index in [1.54, 1.807) is 18.3 Å². The molecule has 40 heavy (non-hydrogen) atoms. The number of hydrogen-bond donors (Lipinski definition) is 1. The van der Waals surface area contributed by atoms with Crippen molar-refractivity contribution in [2.45, 2.75) is 39.9 Å². The molecule has 1 fully saturated rings. The lowest BCUT2D eigenvalue weighted by molar-refractivity contribution is -0.130. The van der Waals surface area contributed by atoms with Crippen molar-refractivity contribution in [1.29, 1.82) is 0 Å². The molecule has 12 heteroatoms. The number of hydrazone groups is 1. The van der Waals surface area contributed by atoms with E-state index in [0.717, 1.165) is 35.6 Å². The molecule has 2 N–H and O–H groups in total. The number of hydrogen-bond acceptors (Lipinski definition) is 9. The van der Waals surface area contributed by atoms with Gasteiger partial charge in [0.05, 0.1) is 31.6 Å². The molecule has 9 nitrogen and oxygen atoms in total. The van der Waals surface area contributed by atoms with Gasteiger partial charge in [0.25, 0.3) is 0 Å². The number of rotatable bonds is 14. The van der Waals surface area contributed by atoms with Gasteiger partial charge < -0.3 is 14.4 Å². The Balaban J connectivity index is 1.49. The predicted octanol–water partition coefficient (Wildman–Crippen LogP) is 4.57. The molecule has 1 aromatic heterocycles. The first kappa shape index (κ1) is 31.8. The SMILES string of the molecule is CC(C)=NN(N)Cc1cc(Cl)ccc1/C=C/C(=O)N1CCN(Cc2ccc(OCCOCCSF)cn2)C[C@H]1C. The monoisotopic (exact) mass is 592 g/mol. The highest BCUT2D eigenvalue weighted by atomic mass is 35.5. The van der Waals surface area contributed by atoms with Gasteiger partial charge in [-0.25, -0.2) is 11.0 Å². The summed E-state index contributed by atoms with van der Waals surface area (Å²) in [6.45, 7) is 10.1. The number of ether oxygens (including phenoxy) is 2. The van der Waals surface area contributed by atoms with E-state index in [2.05, 4.69) is 21.9 Å². The number of pyridine rings is 1. The third-order valence-corrected chi connectivity index (χ3v) is 6.71. The van der Waals surface area contributed by atoms with Gasteiger partial charge >= 0.3 is 0 Å². The van der Waals surface area contributed by atoms with Gasteiger partial charge in [0.2, 0.25) is 5.91 Å². The molecule has 3 rings (SSSR count). The fraction of sp³-hybridized carbons (Fsp3) is 0.464. The van der Waals surface area contributed by atoms with Gasteiger partial charge in [-0.05, 0) is 62.2 Å². The molecule has 1 aliphatic heterocycles. The highest BCUT2D eigenvalue weighted by Crippen LogP contribution is 2.20. The molecule has 0 spiro atoms. The molecule has 1 amide bonds. The molecule has 1 aliphatic rings. The Morgan fingerprint density at radius 2 is 2.10 bits per heavy atom. The standard InChI is InChI=1S/C28H38ClFN6O3S/c1-21(2)33-36(31)19-24-16-25(29)6-4-23(24)5-9-28(37)35-11-10-34(18-22(35)3)20-26-7-8-27(17-32-26)39-13-12-38-14-15-40-30/h4-9,16-17,22H,10-15,18-20,31H2,1-3H3/b9-5+/t22-/m1/s1. The molecule has 218 valence electrons. The Labute approximate surface area is 245 Å². The van der Waals surface area contributed by atoms with Gasteiger partial charge in [-0.2, -0.15) is 8.99 Å². The van der Waals surface area contributed by atoms with Crippen LogP contribution in [0.4, 0.5) is 3.89 Å². The summed E-state index contributed by atoms with van der Waals surface area (Å²) < 4.78 is 22.9. The van der Waals surface area contributed by atoms with Crippen molar-refractivity contribution in [2.24, 2.45) is 10.9 Å².